The second-order valence-corrected chi connectivity index (χ2v) is 16.8. The van der Waals surface area contributed by atoms with Gasteiger partial charge in [-0.1, -0.05) is 32.0 Å². The zero-order valence-corrected chi connectivity index (χ0v) is 34.3. The maximum Gasteiger partial charge on any atom is 0.413 e. The first-order valence-corrected chi connectivity index (χ1v) is 20.8. The normalized spacial score (nSPS) is 22.1. The van der Waals surface area contributed by atoms with E-state index >= 15 is 8.78 Å². The molecule has 5 aromatic rings. The molecule has 0 spiro atoms. The molecule has 4 aliphatic rings. The Morgan fingerprint density at radius 2 is 1.66 bits per heavy atom. The number of ether oxygens (including phenoxy) is 4. The molecule has 2 unspecified atom stereocenters. The highest BCUT2D eigenvalue weighted by atomic mass is 19.2. The van der Waals surface area contributed by atoms with Crippen LogP contribution in [0.1, 0.15) is 70.9 Å². The number of hydrogen-bond donors (Lipinski definition) is 0. The second kappa shape index (κ2) is 16.3. The molecule has 4 saturated heterocycles. The van der Waals surface area contributed by atoms with Crippen LogP contribution < -0.4 is 14.4 Å². The fourth-order valence-corrected chi connectivity index (χ4v) is 9.78. The highest BCUT2D eigenvalue weighted by molar-refractivity contribution is 6.00. The molecular weight excluding hydrogens is 813 g/mol. The van der Waals surface area contributed by atoms with Crippen LogP contribution in [0.2, 0.25) is 0 Å². The Balaban J connectivity index is 1.09. The van der Waals surface area contributed by atoms with E-state index in [1.54, 1.807) is 18.7 Å². The summed E-state index contributed by atoms with van der Waals surface area (Å²) in [6.45, 7) is 5.57. The number of amides is 1. The molecule has 2 bridgehead atoms. The van der Waals surface area contributed by atoms with E-state index in [1.165, 1.54) is 43.5 Å². The van der Waals surface area contributed by atoms with E-state index < -0.39 is 42.3 Å². The number of pyridine rings is 1. The highest BCUT2D eigenvalue weighted by Gasteiger charge is 2.50. The first kappa shape index (κ1) is 41.3. The minimum Gasteiger partial charge on any atom is -0.461 e. The molecule has 1 amide bonds. The summed E-state index contributed by atoms with van der Waals surface area (Å²) >= 11 is 0. The molecule has 0 N–H and O–H groups in total. The molecule has 4 aliphatic heterocycles. The maximum absolute atomic E-state index is 17.3. The molecule has 3 aromatic carbocycles. The molecule has 324 valence electrons. The molecular formula is C45H44F4N6O7. The molecule has 0 saturated carbocycles. The van der Waals surface area contributed by atoms with Crippen molar-refractivity contribution < 1.29 is 50.9 Å². The van der Waals surface area contributed by atoms with Gasteiger partial charge in [0, 0.05) is 43.2 Å². The summed E-state index contributed by atoms with van der Waals surface area (Å²) in [5.74, 6) is -4.96. The van der Waals surface area contributed by atoms with Crippen molar-refractivity contribution in [3.8, 4) is 23.0 Å². The van der Waals surface area contributed by atoms with Gasteiger partial charge in [-0.25, -0.2) is 22.4 Å². The third kappa shape index (κ3) is 7.49. The zero-order valence-electron chi connectivity index (χ0n) is 34.3. The van der Waals surface area contributed by atoms with Crippen LogP contribution in [-0.4, -0.2) is 93.4 Å². The molecule has 9 rings (SSSR count). The Morgan fingerprint density at radius 1 is 0.903 bits per heavy atom. The number of rotatable bonds is 10. The van der Waals surface area contributed by atoms with Gasteiger partial charge in [0.2, 0.25) is 6.79 Å². The fourth-order valence-electron chi connectivity index (χ4n) is 9.78. The van der Waals surface area contributed by atoms with Crippen LogP contribution in [0.3, 0.4) is 0 Å². The van der Waals surface area contributed by atoms with Gasteiger partial charge >= 0.3 is 24.0 Å². The van der Waals surface area contributed by atoms with Crippen LogP contribution in [0.4, 0.5) is 28.2 Å². The molecule has 17 heteroatoms. The molecule has 2 aromatic heterocycles. The van der Waals surface area contributed by atoms with E-state index in [0.29, 0.717) is 18.7 Å². The van der Waals surface area contributed by atoms with E-state index in [0.717, 1.165) is 43.9 Å². The molecule has 62 heavy (non-hydrogen) atoms. The Hall–Kier alpha value is -6.10. The van der Waals surface area contributed by atoms with Crippen molar-refractivity contribution in [2.24, 2.45) is 5.92 Å². The van der Waals surface area contributed by atoms with Crippen molar-refractivity contribution in [3.63, 3.8) is 0 Å². The van der Waals surface area contributed by atoms with Gasteiger partial charge in [0.25, 0.3) is 0 Å². The van der Waals surface area contributed by atoms with Crippen molar-refractivity contribution in [2.75, 3.05) is 37.9 Å². The third-order valence-corrected chi connectivity index (χ3v) is 12.6. The first-order valence-electron chi connectivity index (χ1n) is 20.8. The van der Waals surface area contributed by atoms with Gasteiger partial charge < -0.3 is 23.8 Å². The van der Waals surface area contributed by atoms with Crippen LogP contribution in [-0.2, 0) is 19.1 Å². The van der Waals surface area contributed by atoms with Crippen LogP contribution in [0.5, 0.6) is 11.8 Å². The van der Waals surface area contributed by atoms with Crippen LogP contribution in [0.15, 0.2) is 54.7 Å². The lowest BCUT2D eigenvalue weighted by Crippen LogP contribution is -2.56. The summed E-state index contributed by atoms with van der Waals surface area (Å²) in [7, 11) is 0. The standard InChI is InChI=1S/C45H44F4N6O7/c1-24(2)42(57)60-23-61-44(58)55-29-10-11-30(55)21-53(20-29)41-33-19-50-39(32-18-31(62-25(3)56)17-27-7-12-34(47)37(48)36(27)32)38(49)40(33)51-43(52-41)59-22-45-14-4-16-54(45)35(13-15-45)26-5-8-28(46)9-6-26/h5-9,12,17-19,24,29-30,35H,4,10-11,13-16,20-23H2,1-3H3/t29-,30+,35?,45?. The predicted octanol–water partition coefficient (Wildman–Crippen LogP) is 8.02. The summed E-state index contributed by atoms with van der Waals surface area (Å²) in [4.78, 5) is 57.1. The molecule has 0 aliphatic carbocycles. The summed E-state index contributed by atoms with van der Waals surface area (Å²) in [6.07, 6.45) is 5.41. The van der Waals surface area contributed by atoms with E-state index in [-0.39, 0.29) is 99.8 Å². The number of halogens is 4. The van der Waals surface area contributed by atoms with Crippen molar-refractivity contribution in [1.82, 2.24) is 24.8 Å². The Labute approximate surface area is 353 Å². The van der Waals surface area contributed by atoms with E-state index in [2.05, 4.69) is 14.9 Å². The zero-order chi connectivity index (χ0) is 43.4. The van der Waals surface area contributed by atoms with Crippen LogP contribution in [0.25, 0.3) is 32.9 Å². The summed E-state index contributed by atoms with van der Waals surface area (Å²) in [6, 6.07) is 10.6. The lowest BCUT2D eigenvalue weighted by Gasteiger charge is -2.41. The predicted molar refractivity (Wildman–Crippen MR) is 217 cm³/mol. The monoisotopic (exact) mass is 856 g/mol. The number of benzene rings is 3. The average Bonchev–Trinajstić information content (AvgIpc) is 3.90. The third-order valence-electron chi connectivity index (χ3n) is 12.6. The average molecular weight is 857 g/mol. The van der Waals surface area contributed by atoms with Gasteiger partial charge in [0.15, 0.2) is 17.5 Å². The summed E-state index contributed by atoms with van der Waals surface area (Å²) < 4.78 is 83.7. The number of carbonyl (C=O) groups is 3. The lowest BCUT2D eigenvalue weighted by molar-refractivity contribution is -0.156. The SMILES string of the molecule is CC(=O)Oc1cc(-c2ncc3c(N4C[C@H]5CC[C@@H](C4)N5C(=O)OCOC(=O)C(C)C)nc(OCC45CCCN4C(c4ccc(F)cc4)CC5)nc3c2F)c2c(F)c(F)ccc2c1. The number of fused-ring (bicyclic) bond motifs is 5. The fraction of sp³-hybridized carbons (Fsp3) is 0.422. The molecule has 0 radical (unpaired) electrons. The van der Waals surface area contributed by atoms with E-state index in [9.17, 15) is 23.2 Å². The number of esters is 2. The Morgan fingerprint density at radius 3 is 2.39 bits per heavy atom. The molecule has 6 heterocycles. The maximum atomic E-state index is 17.3. The van der Waals surface area contributed by atoms with Gasteiger partial charge in [-0.15, -0.1) is 0 Å². The Kier molecular flexibility index (Phi) is 10.9. The first-order chi connectivity index (χ1) is 29.8. The number of piperazine rings is 1. The molecule has 4 fully saturated rings. The van der Waals surface area contributed by atoms with Gasteiger partial charge in [0.05, 0.1) is 28.9 Å². The minimum atomic E-state index is -1.23. The number of anilines is 1. The molecule has 13 nitrogen and oxygen atoms in total. The number of aromatic nitrogens is 3. The quantitative estimate of drug-likeness (QED) is 0.0583. The van der Waals surface area contributed by atoms with E-state index in [1.807, 2.05) is 17.0 Å². The van der Waals surface area contributed by atoms with Crippen LogP contribution >= 0.6 is 0 Å². The smallest absolute Gasteiger partial charge is 0.413 e. The largest absolute Gasteiger partial charge is 0.461 e. The van der Waals surface area contributed by atoms with Crippen molar-refractivity contribution >= 4 is 45.5 Å². The summed E-state index contributed by atoms with van der Waals surface area (Å²) in [5.41, 5.74) is -0.111. The van der Waals surface area contributed by atoms with Crippen molar-refractivity contribution in [2.45, 2.75) is 83.0 Å². The number of hydrogen-bond acceptors (Lipinski definition) is 12. The minimum absolute atomic E-state index is 0.0273. The highest BCUT2D eigenvalue weighted by Crippen LogP contribution is 2.49. The van der Waals surface area contributed by atoms with Gasteiger partial charge in [0.1, 0.15) is 35.2 Å². The molecule has 4 atom stereocenters. The topological polar surface area (TPSA) is 137 Å². The Bertz CT molecular complexity index is 2580. The van der Waals surface area contributed by atoms with Gasteiger partial charge in [-0.05, 0) is 86.4 Å². The number of carbonyl (C=O) groups excluding carboxylic acids is 3. The number of nitrogens with zero attached hydrogens (tertiary/aromatic N) is 6. The summed E-state index contributed by atoms with van der Waals surface area (Å²) in [5, 5.41) is 0.0835. The van der Waals surface area contributed by atoms with Crippen molar-refractivity contribution in [1.29, 1.82) is 0 Å². The lowest BCUT2D eigenvalue weighted by atomic mass is 9.95. The second-order valence-electron chi connectivity index (χ2n) is 16.8. The van der Waals surface area contributed by atoms with E-state index in [4.69, 9.17) is 23.9 Å². The van der Waals surface area contributed by atoms with Crippen molar-refractivity contribution in [3.05, 3.63) is 83.6 Å². The van der Waals surface area contributed by atoms with Gasteiger partial charge in [-0.2, -0.15) is 9.97 Å². The van der Waals surface area contributed by atoms with Crippen LogP contribution in [0, 0.1) is 29.2 Å². The van der Waals surface area contributed by atoms with Gasteiger partial charge in [-0.3, -0.25) is 24.4 Å².